The maximum Gasteiger partial charge on any atom is 0.416 e. The van der Waals surface area contributed by atoms with E-state index in [1.807, 2.05) is 0 Å². The van der Waals surface area contributed by atoms with Gasteiger partial charge in [-0.2, -0.15) is 13.2 Å². The quantitative estimate of drug-likeness (QED) is 0.498. The van der Waals surface area contributed by atoms with Gasteiger partial charge in [-0.1, -0.05) is 12.1 Å². The van der Waals surface area contributed by atoms with Crippen molar-refractivity contribution in [1.82, 2.24) is 4.98 Å². The lowest BCUT2D eigenvalue weighted by atomic mass is 10.1. The Hall–Kier alpha value is -2.87. The molecule has 0 aliphatic carbocycles. The number of ether oxygens (including phenoxy) is 2. The van der Waals surface area contributed by atoms with Gasteiger partial charge in [-0.15, -0.1) is 11.3 Å². The first-order chi connectivity index (χ1) is 13.3. The number of ketones is 1. The van der Waals surface area contributed by atoms with Crippen LogP contribution < -0.4 is 9.47 Å². The van der Waals surface area contributed by atoms with Gasteiger partial charge in [-0.05, 0) is 31.2 Å². The molecule has 2 aromatic carbocycles. The molecule has 0 spiro atoms. The number of Topliss-reactive ketones (excluding diaryl/α,β-unsaturated/α-hetero) is 1. The summed E-state index contributed by atoms with van der Waals surface area (Å²) in [7, 11) is 1.52. The van der Waals surface area contributed by atoms with Crippen molar-refractivity contribution in [2.24, 2.45) is 0 Å². The lowest BCUT2D eigenvalue weighted by Crippen LogP contribution is -2.04. The van der Waals surface area contributed by atoms with Gasteiger partial charge in [-0.3, -0.25) is 4.79 Å². The van der Waals surface area contributed by atoms with Crippen LogP contribution in [0.2, 0.25) is 0 Å². The minimum Gasteiger partial charge on any atom is -0.497 e. The molecule has 3 rings (SSSR count). The summed E-state index contributed by atoms with van der Waals surface area (Å²) in [6.07, 6.45) is -4.37. The number of carbonyl (C=O) groups is 1. The van der Waals surface area contributed by atoms with Crippen LogP contribution in [0.15, 0.2) is 47.8 Å². The largest absolute Gasteiger partial charge is 0.497 e. The Labute approximate surface area is 163 Å². The van der Waals surface area contributed by atoms with Crippen LogP contribution >= 0.6 is 11.3 Å². The number of hydrogen-bond acceptors (Lipinski definition) is 5. The fourth-order valence-corrected chi connectivity index (χ4v) is 3.31. The molecule has 4 nitrogen and oxygen atoms in total. The highest BCUT2D eigenvalue weighted by molar-refractivity contribution is 7.13. The van der Waals surface area contributed by atoms with Crippen LogP contribution in [0.25, 0.3) is 10.6 Å². The molecule has 0 fully saturated rings. The van der Waals surface area contributed by atoms with Crippen LogP contribution in [0.5, 0.6) is 11.5 Å². The van der Waals surface area contributed by atoms with E-state index >= 15 is 0 Å². The molecule has 0 bridgehead atoms. The zero-order valence-corrected chi connectivity index (χ0v) is 15.9. The minimum absolute atomic E-state index is 0.116. The Bertz CT molecular complexity index is 981. The van der Waals surface area contributed by atoms with Crippen LogP contribution in [0.4, 0.5) is 13.2 Å². The first kappa shape index (κ1) is 19.9. The van der Waals surface area contributed by atoms with E-state index in [0.29, 0.717) is 33.3 Å². The van der Waals surface area contributed by atoms with Crippen LogP contribution in [-0.4, -0.2) is 17.9 Å². The lowest BCUT2D eigenvalue weighted by Gasteiger charge is -2.10. The maximum atomic E-state index is 12.7. The molecule has 0 aliphatic heterocycles. The fourth-order valence-electron chi connectivity index (χ4n) is 2.50. The first-order valence-electron chi connectivity index (χ1n) is 8.21. The van der Waals surface area contributed by atoms with Crippen molar-refractivity contribution in [3.05, 3.63) is 64.7 Å². The van der Waals surface area contributed by atoms with Crippen molar-refractivity contribution in [2.75, 3.05) is 7.11 Å². The van der Waals surface area contributed by atoms with Crippen molar-refractivity contribution < 1.29 is 27.4 Å². The van der Waals surface area contributed by atoms with E-state index in [0.717, 1.165) is 12.1 Å². The predicted molar refractivity (Wildman–Crippen MR) is 99.9 cm³/mol. The number of benzene rings is 2. The van der Waals surface area contributed by atoms with Crippen molar-refractivity contribution in [2.45, 2.75) is 19.7 Å². The summed E-state index contributed by atoms with van der Waals surface area (Å²) >= 11 is 1.31. The number of rotatable bonds is 6. The van der Waals surface area contributed by atoms with E-state index in [1.54, 1.807) is 23.6 Å². The average molecular weight is 407 g/mol. The molecule has 0 aliphatic rings. The van der Waals surface area contributed by atoms with E-state index in [1.165, 1.54) is 37.5 Å². The number of hydrogen-bond donors (Lipinski definition) is 0. The van der Waals surface area contributed by atoms with E-state index in [9.17, 15) is 18.0 Å². The summed E-state index contributed by atoms with van der Waals surface area (Å²) in [6.45, 7) is 1.56. The highest BCUT2D eigenvalue weighted by Gasteiger charge is 2.30. The number of aromatic nitrogens is 1. The second kappa shape index (κ2) is 8.02. The van der Waals surface area contributed by atoms with Gasteiger partial charge in [-0.25, -0.2) is 4.98 Å². The summed E-state index contributed by atoms with van der Waals surface area (Å²) in [5.41, 5.74) is 0.928. The zero-order chi connectivity index (χ0) is 20.3. The standard InChI is InChI=1S/C20H16F3NO3S/c1-12(25)17-8-7-16(26-2)9-18(17)27-10-15-11-28-19(24-15)13-3-5-14(6-4-13)20(21,22)23/h3-9,11H,10H2,1-2H3. The van der Waals surface area contributed by atoms with Gasteiger partial charge >= 0.3 is 6.18 Å². The Kier molecular flexibility index (Phi) is 5.69. The van der Waals surface area contributed by atoms with Gasteiger partial charge in [0.2, 0.25) is 0 Å². The number of alkyl halides is 3. The summed E-state index contributed by atoms with van der Waals surface area (Å²) < 4.78 is 48.9. The molecule has 146 valence electrons. The Morgan fingerprint density at radius 3 is 2.46 bits per heavy atom. The number of carbonyl (C=O) groups excluding carboxylic acids is 1. The number of methoxy groups -OCH3 is 1. The van der Waals surface area contributed by atoms with E-state index in [4.69, 9.17) is 9.47 Å². The Balaban J connectivity index is 1.74. The molecule has 3 aromatic rings. The van der Waals surface area contributed by atoms with Crippen LogP contribution in [0.3, 0.4) is 0 Å². The number of thiazole rings is 1. The van der Waals surface area contributed by atoms with Gasteiger partial charge in [0.15, 0.2) is 5.78 Å². The average Bonchev–Trinajstić information content (AvgIpc) is 3.14. The zero-order valence-electron chi connectivity index (χ0n) is 15.0. The predicted octanol–water partition coefficient (Wildman–Crippen LogP) is 5.62. The molecule has 1 aromatic heterocycles. The highest BCUT2D eigenvalue weighted by atomic mass is 32.1. The maximum absolute atomic E-state index is 12.7. The van der Waals surface area contributed by atoms with Gasteiger partial charge in [0.1, 0.15) is 23.1 Å². The highest BCUT2D eigenvalue weighted by Crippen LogP contribution is 2.32. The molecule has 0 radical (unpaired) electrons. The normalized spacial score (nSPS) is 11.3. The fraction of sp³-hybridized carbons (Fsp3) is 0.200. The van der Waals surface area contributed by atoms with Gasteiger partial charge < -0.3 is 9.47 Å². The second-order valence-corrected chi connectivity index (χ2v) is 6.78. The summed E-state index contributed by atoms with van der Waals surface area (Å²) in [4.78, 5) is 16.2. The molecule has 8 heteroatoms. The molecule has 0 atom stereocenters. The third-order valence-corrected chi connectivity index (χ3v) is 4.89. The molecule has 0 saturated heterocycles. The Morgan fingerprint density at radius 2 is 1.86 bits per heavy atom. The molecular formula is C20H16F3NO3S. The first-order valence-corrected chi connectivity index (χ1v) is 9.09. The minimum atomic E-state index is -4.37. The summed E-state index contributed by atoms with van der Waals surface area (Å²) in [6, 6.07) is 9.77. The van der Waals surface area contributed by atoms with Crippen molar-refractivity contribution in [3.63, 3.8) is 0 Å². The van der Waals surface area contributed by atoms with Crippen LogP contribution in [0.1, 0.15) is 28.5 Å². The number of nitrogens with zero attached hydrogens (tertiary/aromatic N) is 1. The molecular weight excluding hydrogens is 391 g/mol. The number of halogens is 3. The van der Waals surface area contributed by atoms with Crippen molar-refractivity contribution >= 4 is 17.1 Å². The summed E-state index contributed by atoms with van der Waals surface area (Å²) in [5.74, 6) is 0.807. The smallest absolute Gasteiger partial charge is 0.416 e. The van der Waals surface area contributed by atoms with Crippen molar-refractivity contribution in [3.8, 4) is 22.1 Å². The van der Waals surface area contributed by atoms with Gasteiger partial charge in [0.25, 0.3) is 0 Å². The topological polar surface area (TPSA) is 48.4 Å². The third kappa shape index (κ3) is 4.51. The molecule has 0 unspecified atom stereocenters. The van der Waals surface area contributed by atoms with E-state index < -0.39 is 11.7 Å². The van der Waals surface area contributed by atoms with Crippen LogP contribution in [-0.2, 0) is 12.8 Å². The van der Waals surface area contributed by atoms with Crippen LogP contribution in [0, 0.1) is 0 Å². The molecule has 0 amide bonds. The third-order valence-electron chi connectivity index (χ3n) is 3.95. The van der Waals surface area contributed by atoms with E-state index in [2.05, 4.69) is 4.98 Å². The second-order valence-electron chi connectivity index (χ2n) is 5.93. The molecule has 0 N–H and O–H groups in total. The molecule has 0 saturated carbocycles. The lowest BCUT2D eigenvalue weighted by molar-refractivity contribution is -0.137. The molecule has 28 heavy (non-hydrogen) atoms. The van der Waals surface area contributed by atoms with Gasteiger partial charge in [0.05, 0.1) is 23.9 Å². The Morgan fingerprint density at radius 1 is 1.14 bits per heavy atom. The SMILES string of the molecule is COc1ccc(C(C)=O)c(OCc2csc(-c3ccc(C(F)(F)F)cc3)n2)c1. The monoisotopic (exact) mass is 407 g/mol. The summed E-state index contributed by atoms with van der Waals surface area (Å²) in [5, 5.41) is 2.35. The van der Waals surface area contributed by atoms with E-state index in [-0.39, 0.29) is 12.4 Å². The van der Waals surface area contributed by atoms with Crippen molar-refractivity contribution in [1.29, 1.82) is 0 Å². The molecule has 1 heterocycles. The van der Waals surface area contributed by atoms with Gasteiger partial charge in [0, 0.05) is 17.0 Å².